The van der Waals surface area contributed by atoms with Gasteiger partial charge in [0.15, 0.2) is 0 Å². The van der Waals surface area contributed by atoms with Crippen molar-refractivity contribution in [2.75, 3.05) is 6.54 Å². The maximum atomic E-state index is 3.67. The highest BCUT2D eigenvalue weighted by Gasteiger charge is 2.10. The third-order valence-corrected chi connectivity index (χ3v) is 4.38. The molecule has 0 saturated heterocycles. The van der Waals surface area contributed by atoms with E-state index in [4.69, 9.17) is 0 Å². The van der Waals surface area contributed by atoms with Gasteiger partial charge in [0, 0.05) is 15.6 Å². The van der Waals surface area contributed by atoms with Crippen LogP contribution >= 0.6 is 11.3 Å². The molecule has 1 nitrogen and oxygen atoms in total. The van der Waals surface area contributed by atoms with E-state index in [0.717, 1.165) is 6.54 Å². The predicted molar refractivity (Wildman–Crippen MR) is 82.5 cm³/mol. The van der Waals surface area contributed by atoms with Gasteiger partial charge in [-0.15, -0.1) is 11.3 Å². The molecule has 2 heteroatoms. The van der Waals surface area contributed by atoms with Crippen LogP contribution in [0.4, 0.5) is 0 Å². The number of benzene rings is 1. The minimum Gasteiger partial charge on any atom is -0.314 e. The zero-order valence-electron chi connectivity index (χ0n) is 11.4. The van der Waals surface area contributed by atoms with E-state index in [9.17, 15) is 0 Å². The lowest BCUT2D eigenvalue weighted by Gasteiger charge is -2.16. The second-order valence-electron chi connectivity index (χ2n) is 4.89. The summed E-state index contributed by atoms with van der Waals surface area (Å²) in [6.45, 7) is 5.64. The molecule has 1 aromatic heterocycles. The van der Waals surface area contributed by atoms with Crippen molar-refractivity contribution in [2.45, 2.75) is 45.6 Å². The minimum absolute atomic E-state index is 0.642. The third-order valence-electron chi connectivity index (χ3n) is 3.24. The van der Waals surface area contributed by atoms with E-state index >= 15 is 0 Å². The molecule has 1 aromatic carbocycles. The maximum Gasteiger partial charge on any atom is 0.0345 e. The zero-order valence-corrected chi connectivity index (χ0v) is 12.2. The highest BCUT2D eigenvalue weighted by molar-refractivity contribution is 7.19. The SMILES string of the molecule is CCCNC(CCC)Cc1cc2ccccc2s1. The summed E-state index contributed by atoms with van der Waals surface area (Å²) in [5.41, 5.74) is 0. The fourth-order valence-corrected chi connectivity index (χ4v) is 3.50. The lowest BCUT2D eigenvalue weighted by Crippen LogP contribution is -2.31. The van der Waals surface area contributed by atoms with Gasteiger partial charge >= 0.3 is 0 Å². The minimum atomic E-state index is 0.642. The van der Waals surface area contributed by atoms with Gasteiger partial charge in [0.05, 0.1) is 0 Å². The predicted octanol–water partition coefficient (Wildman–Crippen LogP) is 4.61. The van der Waals surface area contributed by atoms with Crippen LogP contribution in [0.2, 0.25) is 0 Å². The normalized spacial score (nSPS) is 13.0. The molecule has 1 heterocycles. The van der Waals surface area contributed by atoms with Crippen molar-refractivity contribution in [3.05, 3.63) is 35.2 Å². The van der Waals surface area contributed by atoms with Gasteiger partial charge in [0.1, 0.15) is 0 Å². The molecule has 1 N–H and O–H groups in total. The molecule has 2 rings (SSSR count). The molecule has 0 bridgehead atoms. The molecule has 0 fully saturated rings. The number of hydrogen-bond acceptors (Lipinski definition) is 2. The number of rotatable bonds is 7. The molecule has 1 atom stereocenters. The van der Waals surface area contributed by atoms with Gasteiger partial charge in [-0.2, -0.15) is 0 Å². The second-order valence-corrected chi connectivity index (χ2v) is 6.06. The molecule has 0 aliphatic rings. The van der Waals surface area contributed by atoms with E-state index in [-0.39, 0.29) is 0 Å². The monoisotopic (exact) mass is 261 g/mol. The lowest BCUT2D eigenvalue weighted by molar-refractivity contribution is 0.475. The van der Waals surface area contributed by atoms with Crippen molar-refractivity contribution in [2.24, 2.45) is 0 Å². The Balaban J connectivity index is 2.05. The van der Waals surface area contributed by atoms with Gasteiger partial charge in [0.25, 0.3) is 0 Å². The van der Waals surface area contributed by atoms with Crippen LogP contribution in [-0.2, 0) is 6.42 Å². The van der Waals surface area contributed by atoms with Crippen LogP contribution < -0.4 is 5.32 Å². The van der Waals surface area contributed by atoms with E-state index in [1.807, 2.05) is 11.3 Å². The molecule has 0 radical (unpaired) electrons. The largest absolute Gasteiger partial charge is 0.314 e. The first-order chi connectivity index (χ1) is 8.83. The van der Waals surface area contributed by atoms with Gasteiger partial charge in [-0.25, -0.2) is 0 Å². The molecule has 0 amide bonds. The third kappa shape index (κ3) is 3.56. The number of thiophene rings is 1. The molecular weight excluding hydrogens is 238 g/mol. The standard InChI is InChI=1S/C16H23NS/c1-3-7-14(17-10-4-2)12-15-11-13-8-5-6-9-16(13)18-15/h5-6,8-9,11,14,17H,3-4,7,10,12H2,1-2H3. The number of hydrogen-bond donors (Lipinski definition) is 1. The Bertz CT molecular complexity index is 442. The number of nitrogens with one attached hydrogen (secondary N) is 1. The van der Waals surface area contributed by atoms with Crippen LogP contribution in [0.1, 0.15) is 38.0 Å². The topological polar surface area (TPSA) is 12.0 Å². The van der Waals surface area contributed by atoms with E-state index in [1.54, 1.807) is 0 Å². The van der Waals surface area contributed by atoms with Crippen molar-refractivity contribution in [1.29, 1.82) is 0 Å². The summed E-state index contributed by atoms with van der Waals surface area (Å²) in [7, 11) is 0. The fraction of sp³-hybridized carbons (Fsp3) is 0.500. The van der Waals surface area contributed by atoms with E-state index < -0.39 is 0 Å². The summed E-state index contributed by atoms with van der Waals surface area (Å²) < 4.78 is 1.42. The van der Waals surface area contributed by atoms with Crippen LogP contribution in [0.3, 0.4) is 0 Å². The highest BCUT2D eigenvalue weighted by Crippen LogP contribution is 2.26. The van der Waals surface area contributed by atoms with Crippen molar-refractivity contribution < 1.29 is 0 Å². The Morgan fingerprint density at radius 3 is 2.72 bits per heavy atom. The van der Waals surface area contributed by atoms with Crippen molar-refractivity contribution in [3.8, 4) is 0 Å². The van der Waals surface area contributed by atoms with Gasteiger partial charge in [-0.3, -0.25) is 0 Å². The lowest BCUT2D eigenvalue weighted by atomic mass is 10.1. The Labute approximate surface area is 114 Å². The molecule has 98 valence electrons. The van der Waals surface area contributed by atoms with Gasteiger partial charge in [0.2, 0.25) is 0 Å². The smallest absolute Gasteiger partial charge is 0.0345 e. The fourth-order valence-electron chi connectivity index (χ4n) is 2.35. The van der Waals surface area contributed by atoms with Crippen molar-refractivity contribution in [1.82, 2.24) is 5.32 Å². The van der Waals surface area contributed by atoms with E-state index in [2.05, 4.69) is 49.5 Å². The summed E-state index contributed by atoms with van der Waals surface area (Å²) in [6, 6.07) is 11.7. The molecular formula is C16H23NS. The zero-order chi connectivity index (χ0) is 12.8. The van der Waals surface area contributed by atoms with Crippen LogP contribution in [0, 0.1) is 0 Å². The van der Waals surface area contributed by atoms with Crippen LogP contribution in [0.25, 0.3) is 10.1 Å². The van der Waals surface area contributed by atoms with Crippen molar-refractivity contribution in [3.63, 3.8) is 0 Å². The maximum absolute atomic E-state index is 3.67. The molecule has 18 heavy (non-hydrogen) atoms. The summed E-state index contributed by atoms with van der Waals surface area (Å²) in [5, 5.41) is 5.06. The van der Waals surface area contributed by atoms with Gasteiger partial charge in [-0.1, -0.05) is 38.5 Å². The Morgan fingerprint density at radius 2 is 2.00 bits per heavy atom. The average Bonchev–Trinajstić information content (AvgIpc) is 2.78. The molecule has 2 aromatic rings. The molecule has 0 aliphatic carbocycles. The van der Waals surface area contributed by atoms with Gasteiger partial charge < -0.3 is 5.32 Å². The van der Waals surface area contributed by atoms with Gasteiger partial charge in [-0.05, 0) is 43.3 Å². The molecule has 0 saturated carbocycles. The first-order valence-corrected chi connectivity index (χ1v) is 7.86. The molecule has 0 spiro atoms. The summed E-state index contributed by atoms with van der Waals surface area (Å²) in [6.07, 6.45) is 4.92. The quantitative estimate of drug-likeness (QED) is 0.767. The average molecular weight is 261 g/mol. The molecule has 0 aliphatic heterocycles. The summed E-state index contributed by atoms with van der Waals surface area (Å²) >= 11 is 1.94. The first-order valence-electron chi connectivity index (χ1n) is 7.04. The summed E-state index contributed by atoms with van der Waals surface area (Å²) in [4.78, 5) is 1.51. The van der Waals surface area contributed by atoms with Crippen LogP contribution in [-0.4, -0.2) is 12.6 Å². The van der Waals surface area contributed by atoms with E-state index in [1.165, 1.54) is 40.6 Å². The van der Waals surface area contributed by atoms with Crippen LogP contribution in [0.15, 0.2) is 30.3 Å². The van der Waals surface area contributed by atoms with E-state index in [0.29, 0.717) is 6.04 Å². The van der Waals surface area contributed by atoms with Crippen molar-refractivity contribution >= 4 is 21.4 Å². The molecule has 1 unspecified atom stereocenters. The Hall–Kier alpha value is -0.860. The number of fused-ring (bicyclic) bond motifs is 1. The first kappa shape index (κ1) is 13.6. The Kier molecular flexibility index (Phi) is 5.21. The second kappa shape index (κ2) is 6.91. The Morgan fingerprint density at radius 1 is 1.17 bits per heavy atom. The van der Waals surface area contributed by atoms with Crippen LogP contribution in [0.5, 0.6) is 0 Å². The summed E-state index contributed by atoms with van der Waals surface area (Å²) in [5.74, 6) is 0. The highest BCUT2D eigenvalue weighted by atomic mass is 32.1.